The van der Waals surface area contributed by atoms with Gasteiger partial charge in [-0.1, -0.05) is 6.07 Å². The molecule has 0 saturated carbocycles. The maximum atomic E-state index is 10.8. The summed E-state index contributed by atoms with van der Waals surface area (Å²) >= 11 is 3.18. The van der Waals surface area contributed by atoms with E-state index in [1.165, 1.54) is 0 Å². The molecule has 0 amide bonds. The van der Waals surface area contributed by atoms with Crippen molar-refractivity contribution in [1.29, 1.82) is 0 Å². The van der Waals surface area contributed by atoms with Gasteiger partial charge in [0, 0.05) is 31.7 Å². The topological polar surface area (TPSA) is 58.4 Å². The van der Waals surface area contributed by atoms with Crippen LogP contribution < -0.4 is 5.32 Å². The van der Waals surface area contributed by atoms with Crippen molar-refractivity contribution in [2.24, 2.45) is 0 Å². The van der Waals surface area contributed by atoms with E-state index in [4.69, 9.17) is 0 Å². The van der Waals surface area contributed by atoms with Crippen LogP contribution in [0.15, 0.2) is 22.7 Å². The van der Waals surface area contributed by atoms with E-state index in [9.17, 15) is 10.1 Å². The molecule has 106 valence electrons. The third-order valence-corrected chi connectivity index (χ3v) is 3.73. The molecule has 1 rings (SSSR count). The summed E-state index contributed by atoms with van der Waals surface area (Å²) in [5, 5.41) is 14.1. The summed E-state index contributed by atoms with van der Waals surface area (Å²) in [6.07, 6.45) is 0. The summed E-state index contributed by atoms with van der Waals surface area (Å²) < 4.78 is 0.515. The van der Waals surface area contributed by atoms with Crippen molar-refractivity contribution in [1.82, 2.24) is 10.2 Å². The molecule has 0 saturated heterocycles. The molecular weight excluding hydrogens is 310 g/mol. The Balaban J connectivity index is 2.46. The van der Waals surface area contributed by atoms with Crippen LogP contribution in [-0.2, 0) is 6.54 Å². The fourth-order valence-electron chi connectivity index (χ4n) is 1.55. The Kier molecular flexibility index (Phi) is 6.41. The zero-order chi connectivity index (χ0) is 14.4. The zero-order valence-corrected chi connectivity index (χ0v) is 13.1. The van der Waals surface area contributed by atoms with Gasteiger partial charge in [-0.15, -0.1) is 0 Å². The third kappa shape index (κ3) is 5.26. The minimum atomic E-state index is -0.375. The Labute approximate surface area is 122 Å². The molecule has 0 bridgehead atoms. The van der Waals surface area contributed by atoms with Gasteiger partial charge in [-0.3, -0.25) is 10.1 Å². The lowest BCUT2D eigenvalue weighted by atomic mass is 10.2. The predicted molar refractivity (Wildman–Crippen MR) is 80.3 cm³/mol. The van der Waals surface area contributed by atoms with Gasteiger partial charge in [0.25, 0.3) is 5.69 Å². The summed E-state index contributed by atoms with van der Waals surface area (Å²) in [6.45, 7) is 6.76. The van der Waals surface area contributed by atoms with Gasteiger partial charge in [0.15, 0.2) is 0 Å². The molecule has 0 fully saturated rings. The van der Waals surface area contributed by atoms with E-state index in [1.807, 2.05) is 6.07 Å². The van der Waals surface area contributed by atoms with Gasteiger partial charge in [-0.2, -0.15) is 0 Å². The Morgan fingerprint density at radius 2 is 2.16 bits per heavy atom. The molecule has 0 unspecified atom stereocenters. The Hall–Kier alpha value is -0.980. The Bertz CT molecular complexity index is 438. The molecule has 19 heavy (non-hydrogen) atoms. The lowest BCUT2D eigenvalue weighted by Crippen LogP contribution is -2.33. The highest BCUT2D eigenvalue weighted by atomic mass is 79.9. The quantitative estimate of drug-likeness (QED) is 0.474. The SMILES string of the molecule is CC(C)N(C)CCNCc1ccc(Br)c([N+](=O)[O-])c1. The van der Waals surface area contributed by atoms with Crippen LogP contribution in [0, 0.1) is 10.1 Å². The first kappa shape index (κ1) is 16.1. The minimum absolute atomic E-state index is 0.110. The van der Waals surface area contributed by atoms with Crippen molar-refractivity contribution < 1.29 is 4.92 Å². The average Bonchev–Trinajstić information content (AvgIpc) is 2.35. The molecule has 1 aromatic carbocycles. The van der Waals surface area contributed by atoms with Gasteiger partial charge < -0.3 is 10.2 Å². The lowest BCUT2D eigenvalue weighted by molar-refractivity contribution is -0.385. The van der Waals surface area contributed by atoms with Gasteiger partial charge in [0.1, 0.15) is 0 Å². The summed E-state index contributed by atoms with van der Waals surface area (Å²) in [6, 6.07) is 5.73. The minimum Gasteiger partial charge on any atom is -0.311 e. The standard InChI is InChI=1S/C13H20BrN3O2/c1-10(2)16(3)7-6-15-9-11-4-5-12(14)13(8-11)17(18)19/h4-5,8,10,15H,6-7,9H2,1-3H3. The van der Waals surface area contributed by atoms with E-state index in [2.05, 4.69) is 47.0 Å². The fourth-order valence-corrected chi connectivity index (χ4v) is 1.95. The molecule has 5 nitrogen and oxygen atoms in total. The van der Waals surface area contributed by atoms with Crippen LogP contribution in [0.5, 0.6) is 0 Å². The maximum Gasteiger partial charge on any atom is 0.283 e. The Morgan fingerprint density at radius 1 is 1.47 bits per heavy atom. The van der Waals surface area contributed by atoms with Crippen molar-refractivity contribution in [3.8, 4) is 0 Å². The van der Waals surface area contributed by atoms with E-state index in [-0.39, 0.29) is 10.6 Å². The normalized spacial score (nSPS) is 11.3. The smallest absolute Gasteiger partial charge is 0.283 e. The molecule has 1 aromatic rings. The summed E-state index contributed by atoms with van der Waals surface area (Å²) in [5.41, 5.74) is 1.03. The van der Waals surface area contributed by atoms with Gasteiger partial charge in [0.05, 0.1) is 9.40 Å². The summed E-state index contributed by atoms with van der Waals surface area (Å²) in [7, 11) is 2.08. The monoisotopic (exact) mass is 329 g/mol. The lowest BCUT2D eigenvalue weighted by Gasteiger charge is -2.20. The van der Waals surface area contributed by atoms with Gasteiger partial charge in [-0.25, -0.2) is 0 Å². The molecule has 0 spiro atoms. The van der Waals surface area contributed by atoms with Crippen LogP contribution in [0.4, 0.5) is 5.69 Å². The number of halogens is 1. The van der Waals surface area contributed by atoms with E-state index >= 15 is 0 Å². The second-order valence-corrected chi connectivity index (χ2v) is 5.65. The highest BCUT2D eigenvalue weighted by Gasteiger charge is 2.12. The van der Waals surface area contributed by atoms with Crippen LogP contribution in [0.1, 0.15) is 19.4 Å². The first-order chi connectivity index (χ1) is 8.91. The number of nitrogens with one attached hydrogen (secondary N) is 1. The second kappa shape index (κ2) is 7.57. The molecule has 1 N–H and O–H groups in total. The van der Waals surface area contributed by atoms with Crippen LogP contribution in [-0.4, -0.2) is 36.0 Å². The molecule has 0 aromatic heterocycles. The number of nitro benzene ring substituents is 1. The molecular formula is C13H20BrN3O2. The number of benzene rings is 1. The second-order valence-electron chi connectivity index (χ2n) is 4.79. The third-order valence-electron chi connectivity index (χ3n) is 3.06. The maximum absolute atomic E-state index is 10.8. The molecule has 0 radical (unpaired) electrons. The fraction of sp³-hybridized carbons (Fsp3) is 0.538. The summed E-state index contributed by atoms with van der Waals surface area (Å²) in [5.74, 6) is 0. The number of nitro groups is 1. The van der Waals surface area contributed by atoms with Crippen LogP contribution in [0.2, 0.25) is 0 Å². The molecule has 0 aliphatic rings. The molecule has 0 heterocycles. The van der Waals surface area contributed by atoms with Gasteiger partial charge in [0.2, 0.25) is 0 Å². The van der Waals surface area contributed by atoms with Crippen molar-refractivity contribution in [2.75, 3.05) is 20.1 Å². The highest BCUT2D eigenvalue weighted by Crippen LogP contribution is 2.25. The molecule has 0 aliphatic carbocycles. The van der Waals surface area contributed by atoms with E-state index in [1.54, 1.807) is 12.1 Å². The highest BCUT2D eigenvalue weighted by molar-refractivity contribution is 9.10. The largest absolute Gasteiger partial charge is 0.311 e. The average molecular weight is 330 g/mol. The van der Waals surface area contributed by atoms with Crippen molar-refractivity contribution in [2.45, 2.75) is 26.4 Å². The van der Waals surface area contributed by atoms with Crippen LogP contribution in [0.25, 0.3) is 0 Å². The number of hydrogen-bond acceptors (Lipinski definition) is 4. The van der Waals surface area contributed by atoms with Crippen molar-refractivity contribution in [3.63, 3.8) is 0 Å². The summed E-state index contributed by atoms with van der Waals surface area (Å²) in [4.78, 5) is 12.7. The van der Waals surface area contributed by atoms with Gasteiger partial charge >= 0.3 is 0 Å². The number of likely N-dealkylation sites (N-methyl/N-ethyl adjacent to an activating group) is 1. The van der Waals surface area contributed by atoms with Crippen LogP contribution in [0.3, 0.4) is 0 Å². The number of rotatable bonds is 7. The Morgan fingerprint density at radius 3 is 2.74 bits per heavy atom. The van der Waals surface area contributed by atoms with Crippen LogP contribution >= 0.6 is 15.9 Å². The van der Waals surface area contributed by atoms with Crippen molar-refractivity contribution >= 4 is 21.6 Å². The number of hydrogen-bond donors (Lipinski definition) is 1. The van der Waals surface area contributed by atoms with Crippen molar-refractivity contribution in [3.05, 3.63) is 38.3 Å². The molecule has 0 aliphatic heterocycles. The first-order valence-corrected chi connectivity index (χ1v) is 7.05. The predicted octanol–water partition coefficient (Wildman–Crippen LogP) is 2.79. The molecule has 0 atom stereocenters. The number of nitrogens with zero attached hydrogens (tertiary/aromatic N) is 2. The molecule has 6 heteroatoms. The van der Waals surface area contributed by atoms with Gasteiger partial charge in [-0.05, 0) is 48.5 Å². The van der Waals surface area contributed by atoms with E-state index < -0.39 is 0 Å². The zero-order valence-electron chi connectivity index (χ0n) is 11.5. The first-order valence-electron chi connectivity index (χ1n) is 6.25. The van der Waals surface area contributed by atoms with E-state index in [0.29, 0.717) is 17.1 Å². The van der Waals surface area contributed by atoms with E-state index in [0.717, 1.165) is 18.7 Å².